The molecule has 0 aliphatic rings. The van der Waals surface area contributed by atoms with E-state index in [0.717, 1.165) is 16.3 Å². The fraction of sp³-hybridized carbons (Fsp3) is 0.500. The Balaban J connectivity index is 3.03. The summed E-state index contributed by atoms with van der Waals surface area (Å²) in [7, 11) is 1.63. The van der Waals surface area contributed by atoms with Crippen molar-refractivity contribution in [2.45, 2.75) is 19.8 Å². The van der Waals surface area contributed by atoms with Crippen molar-refractivity contribution < 1.29 is 4.74 Å². The first kappa shape index (κ1) is 12.3. The Morgan fingerprint density at radius 2 is 2.07 bits per heavy atom. The second-order valence-electron chi connectivity index (χ2n) is 3.97. The molecule has 1 unspecified atom stereocenters. The smallest absolute Gasteiger partial charge is 0.120 e. The van der Waals surface area contributed by atoms with Gasteiger partial charge in [-0.25, -0.2) is 0 Å². The average molecular weight is 228 g/mol. The molecule has 0 spiro atoms. The SMILES string of the molecule is COc1ccc(C(CN)C(C)C)c(Cl)c1. The van der Waals surface area contributed by atoms with Crippen molar-refractivity contribution in [3.05, 3.63) is 28.8 Å². The molecule has 0 aliphatic carbocycles. The van der Waals surface area contributed by atoms with Gasteiger partial charge < -0.3 is 10.5 Å². The fourth-order valence-corrected chi connectivity index (χ4v) is 2.00. The summed E-state index contributed by atoms with van der Waals surface area (Å²) < 4.78 is 5.11. The van der Waals surface area contributed by atoms with Crippen molar-refractivity contribution >= 4 is 11.6 Å². The zero-order chi connectivity index (χ0) is 11.4. The van der Waals surface area contributed by atoms with Gasteiger partial charge in [-0.05, 0) is 36.1 Å². The van der Waals surface area contributed by atoms with E-state index in [1.807, 2.05) is 18.2 Å². The van der Waals surface area contributed by atoms with Crippen LogP contribution in [0, 0.1) is 5.92 Å². The van der Waals surface area contributed by atoms with Crippen LogP contribution in [0.4, 0.5) is 0 Å². The van der Waals surface area contributed by atoms with Gasteiger partial charge in [0.15, 0.2) is 0 Å². The summed E-state index contributed by atoms with van der Waals surface area (Å²) in [4.78, 5) is 0. The van der Waals surface area contributed by atoms with Crippen LogP contribution in [0.5, 0.6) is 5.75 Å². The van der Waals surface area contributed by atoms with E-state index in [1.165, 1.54) is 0 Å². The largest absolute Gasteiger partial charge is 0.497 e. The Bertz CT molecular complexity index is 325. The number of benzene rings is 1. The molecule has 15 heavy (non-hydrogen) atoms. The molecule has 0 radical (unpaired) electrons. The van der Waals surface area contributed by atoms with Crippen LogP contribution in [0.3, 0.4) is 0 Å². The van der Waals surface area contributed by atoms with Gasteiger partial charge in [0.25, 0.3) is 0 Å². The first-order valence-electron chi connectivity index (χ1n) is 5.13. The maximum absolute atomic E-state index is 6.19. The Morgan fingerprint density at radius 1 is 1.40 bits per heavy atom. The minimum atomic E-state index is 0.309. The lowest BCUT2D eigenvalue weighted by Crippen LogP contribution is -2.18. The third kappa shape index (κ3) is 2.86. The second-order valence-corrected chi connectivity index (χ2v) is 4.38. The van der Waals surface area contributed by atoms with Gasteiger partial charge in [0.1, 0.15) is 5.75 Å². The molecule has 0 fully saturated rings. The Kier molecular flexibility index (Phi) is 4.43. The number of hydrogen-bond donors (Lipinski definition) is 1. The van der Waals surface area contributed by atoms with Crippen molar-refractivity contribution in [3.63, 3.8) is 0 Å². The highest BCUT2D eigenvalue weighted by Crippen LogP contribution is 2.31. The molecule has 0 amide bonds. The molecule has 84 valence electrons. The summed E-state index contributed by atoms with van der Waals surface area (Å²) in [6, 6.07) is 5.76. The number of ether oxygens (including phenoxy) is 1. The normalized spacial score (nSPS) is 12.9. The second kappa shape index (κ2) is 5.38. The molecule has 0 aromatic heterocycles. The summed E-state index contributed by atoms with van der Waals surface area (Å²) in [6.07, 6.45) is 0. The predicted molar refractivity (Wildman–Crippen MR) is 64.6 cm³/mol. The number of hydrogen-bond acceptors (Lipinski definition) is 2. The van der Waals surface area contributed by atoms with E-state index in [0.29, 0.717) is 18.4 Å². The van der Waals surface area contributed by atoms with Crippen LogP contribution in [0.25, 0.3) is 0 Å². The van der Waals surface area contributed by atoms with E-state index in [4.69, 9.17) is 22.1 Å². The van der Waals surface area contributed by atoms with Gasteiger partial charge in [-0.3, -0.25) is 0 Å². The lowest BCUT2D eigenvalue weighted by Gasteiger charge is -2.20. The quantitative estimate of drug-likeness (QED) is 0.858. The summed E-state index contributed by atoms with van der Waals surface area (Å²) >= 11 is 6.19. The minimum absolute atomic E-state index is 0.309. The van der Waals surface area contributed by atoms with Crippen LogP contribution >= 0.6 is 11.6 Å². The molecule has 1 atom stereocenters. The lowest BCUT2D eigenvalue weighted by molar-refractivity contribution is 0.414. The van der Waals surface area contributed by atoms with Gasteiger partial charge in [-0.15, -0.1) is 0 Å². The van der Waals surface area contributed by atoms with E-state index in [9.17, 15) is 0 Å². The van der Waals surface area contributed by atoms with E-state index in [1.54, 1.807) is 7.11 Å². The van der Waals surface area contributed by atoms with E-state index in [-0.39, 0.29) is 0 Å². The molecule has 0 saturated heterocycles. The molecule has 1 rings (SSSR count). The molecule has 0 saturated carbocycles. The molecule has 0 aliphatic heterocycles. The van der Waals surface area contributed by atoms with Crippen LogP contribution in [0.15, 0.2) is 18.2 Å². The van der Waals surface area contributed by atoms with E-state index >= 15 is 0 Å². The molecule has 0 bridgehead atoms. The summed E-state index contributed by atoms with van der Waals surface area (Å²) in [5, 5.41) is 0.735. The molecule has 2 N–H and O–H groups in total. The van der Waals surface area contributed by atoms with Crippen molar-refractivity contribution in [3.8, 4) is 5.75 Å². The van der Waals surface area contributed by atoms with Crippen LogP contribution in [0.2, 0.25) is 5.02 Å². The first-order valence-corrected chi connectivity index (χ1v) is 5.51. The van der Waals surface area contributed by atoms with Crippen LogP contribution in [-0.4, -0.2) is 13.7 Å². The zero-order valence-corrected chi connectivity index (χ0v) is 10.2. The van der Waals surface area contributed by atoms with Gasteiger partial charge in [-0.2, -0.15) is 0 Å². The van der Waals surface area contributed by atoms with E-state index < -0.39 is 0 Å². The van der Waals surface area contributed by atoms with Crippen molar-refractivity contribution in [1.29, 1.82) is 0 Å². The Labute approximate surface area is 96.4 Å². The topological polar surface area (TPSA) is 35.2 Å². The highest BCUT2D eigenvalue weighted by atomic mass is 35.5. The van der Waals surface area contributed by atoms with Crippen molar-refractivity contribution in [2.24, 2.45) is 11.7 Å². The molecule has 1 aromatic rings. The maximum atomic E-state index is 6.19. The van der Waals surface area contributed by atoms with Crippen LogP contribution < -0.4 is 10.5 Å². The van der Waals surface area contributed by atoms with Crippen molar-refractivity contribution in [2.75, 3.05) is 13.7 Å². The third-order valence-corrected chi connectivity index (χ3v) is 2.99. The molecule has 0 heterocycles. The highest BCUT2D eigenvalue weighted by Gasteiger charge is 2.17. The molecular formula is C12H18ClNO. The number of rotatable bonds is 4. The maximum Gasteiger partial charge on any atom is 0.120 e. The van der Waals surface area contributed by atoms with Gasteiger partial charge >= 0.3 is 0 Å². The van der Waals surface area contributed by atoms with Gasteiger partial charge in [0, 0.05) is 5.02 Å². The minimum Gasteiger partial charge on any atom is -0.497 e. The van der Waals surface area contributed by atoms with Crippen LogP contribution in [-0.2, 0) is 0 Å². The lowest BCUT2D eigenvalue weighted by atomic mass is 9.88. The molecule has 3 heteroatoms. The average Bonchev–Trinajstić information content (AvgIpc) is 2.20. The summed E-state index contributed by atoms with van der Waals surface area (Å²) in [6.45, 7) is 4.92. The summed E-state index contributed by atoms with van der Waals surface area (Å²) in [5.41, 5.74) is 6.86. The van der Waals surface area contributed by atoms with Gasteiger partial charge in [0.05, 0.1) is 7.11 Å². The fourth-order valence-electron chi connectivity index (χ4n) is 1.69. The summed E-state index contributed by atoms with van der Waals surface area (Å²) in [5.74, 6) is 1.58. The monoisotopic (exact) mass is 227 g/mol. The number of halogens is 1. The Morgan fingerprint density at radius 3 is 2.47 bits per heavy atom. The van der Waals surface area contributed by atoms with Crippen molar-refractivity contribution in [1.82, 2.24) is 0 Å². The predicted octanol–water partition coefficient (Wildman–Crippen LogP) is 3.05. The molecular weight excluding hydrogens is 210 g/mol. The molecule has 1 aromatic carbocycles. The van der Waals surface area contributed by atoms with E-state index in [2.05, 4.69) is 13.8 Å². The highest BCUT2D eigenvalue weighted by molar-refractivity contribution is 6.31. The standard InChI is InChI=1S/C12H18ClNO/c1-8(2)11(7-14)10-5-4-9(15-3)6-12(10)13/h4-6,8,11H,7,14H2,1-3H3. The van der Waals surface area contributed by atoms with Gasteiger partial charge in [0.2, 0.25) is 0 Å². The Hall–Kier alpha value is -0.730. The third-order valence-electron chi connectivity index (χ3n) is 2.67. The molecule has 2 nitrogen and oxygen atoms in total. The van der Waals surface area contributed by atoms with Crippen LogP contribution in [0.1, 0.15) is 25.3 Å². The number of methoxy groups -OCH3 is 1. The number of nitrogens with two attached hydrogens (primary N) is 1. The first-order chi connectivity index (χ1) is 7.10. The van der Waals surface area contributed by atoms with Gasteiger partial charge in [-0.1, -0.05) is 31.5 Å². The zero-order valence-electron chi connectivity index (χ0n) is 9.46.